The number of nitrogens with zero attached hydrogens (tertiary/aromatic N) is 2. The first-order valence-electron chi connectivity index (χ1n) is 27.2. The fourth-order valence-electron chi connectivity index (χ4n) is 14.0. The number of ether oxygens (including phenoxy) is 1. The number of benzene rings is 7. The third kappa shape index (κ3) is 7.72. The molecule has 2 atom stereocenters. The minimum absolute atomic E-state index is 0.000322. The SMILES string of the molecule is C=C(C)c1ccc(N(c2ccc3c(c2)C(CC)(CCC)c2cc(N(C)c4cccc5c4-c4ccccc4C5(CCCCC)CCCCOC)ccc2-3)c2cccc3c2-c2ccccc2C3(CC)CC)cc1. The van der Waals surface area contributed by atoms with Crippen LogP contribution in [0.2, 0.25) is 0 Å². The molecule has 3 nitrogen and oxygen atoms in total. The highest BCUT2D eigenvalue weighted by molar-refractivity contribution is 5.97. The second-order valence-corrected chi connectivity index (χ2v) is 21.1. The number of allylic oxidation sites excluding steroid dienone is 1. The molecule has 0 aromatic heterocycles. The Bertz CT molecular complexity index is 3080. The van der Waals surface area contributed by atoms with Crippen molar-refractivity contribution in [2.45, 2.75) is 135 Å². The molecule has 0 heterocycles. The van der Waals surface area contributed by atoms with Crippen LogP contribution in [-0.4, -0.2) is 20.8 Å². The molecule has 0 amide bonds. The van der Waals surface area contributed by atoms with Crippen molar-refractivity contribution in [1.82, 2.24) is 0 Å². The maximum absolute atomic E-state index is 5.56. The van der Waals surface area contributed by atoms with Gasteiger partial charge in [0.05, 0.1) is 5.69 Å². The van der Waals surface area contributed by atoms with Gasteiger partial charge < -0.3 is 14.5 Å². The predicted molar refractivity (Wildman–Crippen MR) is 305 cm³/mol. The molecule has 0 fully saturated rings. The Balaban J connectivity index is 1.10. The average molecular weight is 937 g/mol. The maximum Gasteiger partial charge on any atom is 0.0543 e. The molecule has 2 unspecified atom stereocenters. The number of hydrogen-bond acceptors (Lipinski definition) is 3. The monoisotopic (exact) mass is 937 g/mol. The van der Waals surface area contributed by atoms with Crippen LogP contribution >= 0.6 is 0 Å². The first-order valence-corrected chi connectivity index (χ1v) is 27.2. The van der Waals surface area contributed by atoms with E-state index in [0.717, 1.165) is 69.2 Å². The molecule has 364 valence electrons. The zero-order chi connectivity index (χ0) is 49.5. The second kappa shape index (κ2) is 19.8. The lowest BCUT2D eigenvalue weighted by atomic mass is 9.70. The van der Waals surface area contributed by atoms with Crippen molar-refractivity contribution < 1.29 is 4.74 Å². The van der Waals surface area contributed by atoms with Crippen LogP contribution in [0.1, 0.15) is 158 Å². The van der Waals surface area contributed by atoms with Gasteiger partial charge in [-0.05, 0) is 168 Å². The fraction of sp³-hybridized carbons (Fsp3) is 0.353. The Kier molecular flexibility index (Phi) is 13.5. The van der Waals surface area contributed by atoms with Crippen molar-refractivity contribution in [3.63, 3.8) is 0 Å². The number of anilines is 5. The Morgan fingerprint density at radius 3 is 1.58 bits per heavy atom. The van der Waals surface area contributed by atoms with Crippen LogP contribution < -0.4 is 9.80 Å². The van der Waals surface area contributed by atoms with E-state index >= 15 is 0 Å². The molecule has 0 bridgehead atoms. The lowest BCUT2D eigenvalue weighted by Crippen LogP contribution is -2.26. The van der Waals surface area contributed by atoms with E-state index in [4.69, 9.17) is 4.74 Å². The molecular formula is C68H76N2O. The van der Waals surface area contributed by atoms with E-state index in [1.54, 1.807) is 0 Å². The van der Waals surface area contributed by atoms with E-state index < -0.39 is 0 Å². The maximum atomic E-state index is 5.56. The summed E-state index contributed by atoms with van der Waals surface area (Å²) in [7, 11) is 4.14. The van der Waals surface area contributed by atoms with Gasteiger partial charge in [-0.2, -0.15) is 0 Å². The van der Waals surface area contributed by atoms with Gasteiger partial charge in [-0.3, -0.25) is 0 Å². The molecule has 7 aromatic rings. The molecule has 0 spiro atoms. The summed E-state index contributed by atoms with van der Waals surface area (Å²) in [6.07, 6.45) is 13.6. The number of unbranched alkanes of at least 4 members (excludes halogenated alkanes) is 3. The van der Waals surface area contributed by atoms with Crippen molar-refractivity contribution in [2.24, 2.45) is 0 Å². The zero-order valence-corrected chi connectivity index (χ0v) is 44.1. The van der Waals surface area contributed by atoms with E-state index in [0.29, 0.717) is 0 Å². The molecule has 0 aliphatic heterocycles. The molecule has 7 aromatic carbocycles. The molecule has 3 aliphatic rings. The van der Waals surface area contributed by atoms with Crippen LogP contribution in [0.15, 0.2) is 152 Å². The van der Waals surface area contributed by atoms with Gasteiger partial charge in [0.1, 0.15) is 0 Å². The highest BCUT2D eigenvalue weighted by Gasteiger charge is 2.46. The predicted octanol–water partition coefficient (Wildman–Crippen LogP) is 19.2. The summed E-state index contributed by atoms with van der Waals surface area (Å²) in [5.41, 5.74) is 25.3. The zero-order valence-electron chi connectivity index (χ0n) is 44.1. The lowest BCUT2D eigenvalue weighted by Gasteiger charge is -2.34. The van der Waals surface area contributed by atoms with Gasteiger partial charge in [0.2, 0.25) is 0 Å². The van der Waals surface area contributed by atoms with Gasteiger partial charge in [0.15, 0.2) is 0 Å². The second-order valence-electron chi connectivity index (χ2n) is 21.1. The molecule has 0 radical (unpaired) electrons. The van der Waals surface area contributed by atoms with Crippen molar-refractivity contribution in [2.75, 3.05) is 30.6 Å². The molecular weight excluding hydrogens is 861 g/mol. The van der Waals surface area contributed by atoms with E-state index in [-0.39, 0.29) is 16.2 Å². The number of hydrogen-bond donors (Lipinski definition) is 0. The van der Waals surface area contributed by atoms with E-state index in [1.165, 1.54) is 121 Å². The smallest absolute Gasteiger partial charge is 0.0543 e. The summed E-state index contributed by atoms with van der Waals surface area (Å²) in [5.74, 6) is 0. The van der Waals surface area contributed by atoms with Gasteiger partial charge in [-0.1, -0.05) is 170 Å². The topological polar surface area (TPSA) is 15.7 Å². The summed E-state index contributed by atoms with van der Waals surface area (Å²) >= 11 is 0. The number of fused-ring (bicyclic) bond motifs is 9. The number of methoxy groups -OCH3 is 1. The minimum Gasteiger partial charge on any atom is -0.385 e. The lowest BCUT2D eigenvalue weighted by molar-refractivity contribution is 0.189. The van der Waals surface area contributed by atoms with Gasteiger partial charge in [-0.25, -0.2) is 0 Å². The van der Waals surface area contributed by atoms with Crippen LogP contribution in [0.5, 0.6) is 0 Å². The summed E-state index contributed by atoms with van der Waals surface area (Å²) in [6, 6.07) is 56.7. The summed E-state index contributed by atoms with van der Waals surface area (Å²) in [5, 5.41) is 0. The van der Waals surface area contributed by atoms with Crippen LogP contribution in [0.25, 0.3) is 39.0 Å². The van der Waals surface area contributed by atoms with Crippen molar-refractivity contribution in [3.05, 3.63) is 191 Å². The number of rotatable bonds is 20. The Morgan fingerprint density at radius 2 is 0.986 bits per heavy atom. The van der Waals surface area contributed by atoms with Gasteiger partial charge in [-0.15, -0.1) is 0 Å². The van der Waals surface area contributed by atoms with Crippen LogP contribution in [-0.2, 0) is 21.0 Å². The van der Waals surface area contributed by atoms with Gasteiger partial charge in [0, 0.05) is 70.9 Å². The van der Waals surface area contributed by atoms with Crippen LogP contribution in [0.3, 0.4) is 0 Å². The molecule has 3 aliphatic carbocycles. The quantitative estimate of drug-likeness (QED) is 0.0708. The molecule has 0 saturated heterocycles. The standard InChI is InChI=1S/C68H76N2O/c1-10-15-20-42-68(43-21-22-44-71-9)57-28-19-17-26-55(57)64-59(68)30-23-31-62(64)69(8)50-37-39-52-53-40-38-51(46-61(53)67(14-5,41-11-2)60(52)45-50)70(49-35-33-48(34-36-49)47(6)7)63-32-24-29-58-65(63)54-25-16-18-27-56(54)66(58,12-3)13-4/h16-19,23-40,45-46H,6,10-15,20-22,41-44H2,1-5,7-9H3. The Hall–Kier alpha value is -6.16. The molecule has 10 rings (SSSR count). The summed E-state index contributed by atoms with van der Waals surface area (Å²) in [6.45, 7) is 19.1. The largest absolute Gasteiger partial charge is 0.385 e. The van der Waals surface area contributed by atoms with Gasteiger partial charge in [0.25, 0.3) is 0 Å². The Labute approximate surface area is 426 Å². The molecule has 3 heteroatoms. The third-order valence-electron chi connectivity index (χ3n) is 17.6. The first-order chi connectivity index (χ1) is 34.7. The molecule has 0 saturated carbocycles. The first kappa shape index (κ1) is 48.5. The van der Waals surface area contributed by atoms with Crippen molar-refractivity contribution >= 4 is 34.0 Å². The van der Waals surface area contributed by atoms with Crippen LogP contribution in [0.4, 0.5) is 28.4 Å². The van der Waals surface area contributed by atoms with E-state index in [2.05, 4.69) is 211 Å². The third-order valence-corrected chi connectivity index (χ3v) is 17.6. The minimum atomic E-state index is -0.144. The molecule has 71 heavy (non-hydrogen) atoms. The normalized spacial score (nSPS) is 17.5. The highest BCUT2D eigenvalue weighted by Crippen LogP contribution is 2.61. The summed E-state index contributed by atoms with van der Waals surface area (Å²) in [4.78, 5) is 5.06. The van der Waals surface area contributed by atoms with Crippen molar-refractivity contribution in [1.29, 1.82) is 0 Å². The summed E-state index contributed by atoms with van der Waals surface area (Å²) < 4.78 is 5.56. The van der Waals surface area contributed by atoms with Crippen LogP contribution in [0, 0.1) is 0 Å². The van der Waals surface area contributed by atoms with Crippen molar-refractivity contribution in [3.8, 4) is 33.4 Å². The molecule has 0 N–H and O–H groups in total. The van der Waals surface area contributed by atoms with E-state index in [1.807, 2.05) is 7.11 Å². The average Bonchev–Trinajstić information content (AvgIpc) is 3.97. The highest BCUT2D eigenvalue weighted by atomic mass is 16.5. The Morgan fingerprint density at radius 1 is 0.465 bits per heavy atom. The van der Waals surface area contributed by atoms with E-state index in [9.17, 15) is 0 Å². The van der Waals surface area contributed by atoms with Gasteiger partial charge >= 0.3 is 0 Å². The fourth-order valence-corrected chi connectivity index (χ4v) is 14.0.